The molecule has 3 rings (SSSR count). The van der Waals surface area contributed by atoms with Crippen LogP contribution in [0.1, 0.15) is 30.2 Å². The van der Waals surface area contributed by atoms with E-state index in [1.807, 2.05) is 43.0 Å². The number of benzene rings is 1. The van der Waals surface area contributed by atoms with Crippen LogP contribution in [0.2, 0.25) is 5.02 Å². The summed E-state index contributed by atoms with van der Waals surface area (Å²) in [7, 11) is 0. The summed E-state index contributed by atoms with van der Waals surface area (Å²) in [5, 5.41) is 4.48. The Hall–Kier alpha value is -1.92. The van der Waals surface area contributed by atoms with Gasteiger partial charge in [0.25, 0.3) is 0 Å². The highest BCUT2D eigenvalue weighted by Crippen LogP contribution is 2.21. The van der Waals surface area contributed by atoms with Crippen molar-refractivity contribution in [2.24, 2.45) is 0 Å². The molecule has 1 amide bonds. The van der Waals surface area contributed by atoms with Crippen molar-refractivity contribution in [1.82, 2.24) is 19.9 Å². The van der Waals surface area contributed by atoms with Crippen LogP contribution in [0.5, 0.6) is 0 Å². The SMILES string of the molecule is Cc1noc(C(C)N2CCN(C(=O)Cc3ccccc3Cl)CC2)n1. The van der Waals surface area contributed by atoms with Crippen molar-refractivity contribution in [2.45, 2.75) is 26.3 Å². The molecule has 1 aromatic carbocycles. The zero-order valence-corrected chi connectivity index (χ0v) is 14.7. The number of halogens is 1. The second kappa shape index (κ2) is 7.32. The van der Waals surface area contributed by atoms with Gasteiger partial charge < -0.3 is 9.42 Å². The number of carbonyl (C=O) groups is 1. The Bertz CT molecular complexity index is 710. The van der Waals surface area contributed by atoms with Crippen LogP contribution < -0.4 is 0 Å². The molecule has 1 fully saturated rings. The molecular formula is C17H21ClN4O2. The average molecular weight is 349 g/mol. The van der Waals surface area contributed by atoms with E-state index in [4.69, 9.17) is 16.1 Å². The molecule has 7 heteroatoms. The maximum absolute atomic E-state index is 12.5. The van der Waals surface area contributed by atoms with Gasteiger partial charge in [0, 0.05) is 31.2 Å². The van der Waals surface area contributed by atoms with Gasteiger partial charge in [0.05, 0.1) is 12.5 Å². The van der Waals surface area contributed by atoms with E-state index in [1.165, 1.54) is 0 Å². The van der Waals surface area contributed by atoms with E-state index >= 15 is 0 Å². The summed E-state index contributed by atoms with van der Waals surface area (Å²) in [6.07, 6.45) is 0.345. The van der Waals surface area contributed by atoms with Gasteiger partial charge in [-0.3, -0.25) is 9.69 Å². The van der Waals surface area contributed by atoms with Crippen molar-refractivity contribution in [3.8, 4) is 0 Å². The van der Waals surface area contributed by atoms with Crippen LogP contribution in [0, 0.1) is 6.92 Å². The van der Waals surface area contributed by atoms with Crippen molar-refractivity contribution in [3.63, 3.8) is 0 Å². The first-order valence-electron chi connectivity index (χ1n) is 8.10. The molecule has 1 unspecified atom stereocenters. The highest BCUT2D eigenvalue weighted by Gasteiger charge is 2.27. The molecule has 0 spiro atoms. The van der Waals surface area contributed by atoms with Crippen molar-refractivity contribution in [1.29, 1.82) is 0 Å². The lowest BCUT2D eigenvalue weighted by atomic mass is 10.1. The normalized spacial score (nSPS) is 17.0. The Morgan fingerprint density at radius 1 is 1.29 bits per heavy atom. The lowest BCUT2D eigenvalue weighted by Gasteiger charge is -2.36. The van der Waals surface area contributed by atoms with Crippen LogP contribution in [0.15, 0.2) is 28.8 Å². The molecule has 0 bridgehead atoms. The van der Waals surface area contributed by atoms with E-state index in [1.54, 1.807) is 0 Å². The van der Waals surface area contributed by atoms with Gasteiger partial charge in [-0.25, -0.2) is 0 Å². The van der Waals surface area contributed by atoms with Gasteiger partial charge in [-0.2, -0.15) is 4.98 Å². The highest BCUT2D eigenvalue weighted by molar-refractivity contribution is 6.31. The zero-order chi connectivity index (χ0) is 17.1. The Kier molecular flexibility index (Phi) is 5.16. The molecule has 1 atom stereocenters. The minimum absolute atomic E-state index is 0.0621. The van der Waals surface area contributed by atoms with E-state index < -0.39 is 0 Å². The van der Waals surface area contributed by atoms with Gasteiger partial charge >= 0.3 is 0 Å². The Balaban J connectivity index is 1.55. The first-order valence-corrected chi connectivity index (χ1v) is 8.48. The number of piperazine rings is 1. The summed E-state index contributed by atoms with van der Waals surface area (Å²) in [5.41, 5.74) is 0.876. The third kappa shape index (κ3) is 3.76. The topological polar surface area (TPSA) is 62.5 Å². The van der Waals surface area contributed by atoms with Gasteiger partial charge in [0.1, 0.15) is 0 Å². The molecule has 2 heterocycles. The lowest BCUT2D eigenvalue weighted by Crippen LogP contribution is -2.49. The summed E-state index contributed by atoms with van der Waals surface area (Å²) >= 11 is 6.14. The molecule has 2 aromatic rings. The van der Waals surface area contributed by atoms with Crippen molar-refractivity contribution in [2.75, 3.05) is 26.2 Å². The molecule has 24 heavy (non-hydrogen) atoms. The quantitative estimate of drug-likeness (QED) is 0.849. The molecule has 1 aliphatic rings. The molecular weight excluding hydrogens is 328 g/mol. The van der Waals surface area contributed by atoms with Crippen LogP contribution in [0.4, 0.5) is 0 Å². The van der Waals surface area contributed by atoms with E-state index in [9.17, 15) is 4.79 Å². The van der Waals surface area contributed by atoms with Crippen molar-refractivity contribution < 1.29 is 9.32 Å². The van der Waals surface area contributed by atoms with E-state index in [2.05, 4.69) is 15.0 Å². The summed E-state index contributed by atoms with van der Waals surface area (Å²) < 4.78 is 5.25. The van der Waals surface area contributed by atoms with E-state index in [0.717, 1.165) is 18.7 Å². The smallest absolute Gasteiger partial charge is 0.243 e. The predicted molar refractivity (Wildman–Crippen MR) is 90.8 cm³/mol. The highest BCUT2D eigenvalue weighted by atomic mass is 35.5. The van der Waals surface area contributed by atoms with Gasteiger partial charge in [0.15, 0.2) is 5.82 Å². The molecule has 6 nitrogen and oxygen atoms in total. The van der Waals surface area contributed by atoms with Crippen LogP contribution in [-0.4, -0.2) is 52.0 Å². The zero-order valence-electron chi connectivity index (χ0n) is 13.9. The standard InChI is InChI=1S/C17H21ClN4O2/c1-12(17-19-13(2)20-24-17)21-7-9-22(10-8-21)16(23)11-14-5-3-4-6-15(14)18/h3-6,12H,7-11H2,1-2H3. The van der Waals surface area contributed by atoms with Gasteiger partial charge in [-0.1, -0.05) is 35.0 Å². The fourth-order valence-electron chi connectivity index (χ4n) is 2.91. The summed E-state index contributed by atoms with van der Waals surface area (Å²) in [6.45, 7) is 6.83. The number of aryl methyl sites for hydroxylation is 1. The second-order valence-corrected chi connectivity index (χ2v) is 6.45. The monoisotopic (exact) mass is 348 g/mol. The Morgan fingerprint density at radius 3 is 2.62 bits per heavy atom. The number of hydrogen-bond acceptors (Lipinski definition) is 5. The number of hydrogen-bond donors (Lipinski definition) is 0. The fraction of sp³-hybridized carbons (Fsp3) is 0.471. The minimum atomic E-state index is 0.0621. The molecule has 1 aliphatic heterocycles. The number of amides is 1. The van der Waals surface area contributed by atoms with Crippen LogP contribution in [-0.2, 0) is 11.2 Å². The fourth-order valence-corrected chi connectivity index (χ4v) is 3.12. The predicted octanol–water partition coefficient (Wildman–Crippen LogP) is 2.48. The Morgan fingerprint density at radius 2 is 2.00 bits per heavy atom. The first kappa shape index (κ1) is 16.9. The third-order valence-electron chi connectivity index (χ3n) is 4.41. The van der Waals surface area contributed by atoms with E-state index in [-0.39, 0.29) is 11.9 Å². The number of aromatic nitrogens is 2. The second-order valence-electron chi connectivity index (χ2n) is 6.04. The summed E-state index contributed by atoms with van der Waals surface area (Å²) in [5.74, 6) is 1.39. The molecule has 0 N–H and O–H groups in total. The summed E-state index contributed by atoms with van der Waals surface area (Å²) in [4.78, 5) is 20.9. The Labute approximate surface area is 146 Å². The maximum Gasteiger partial charge on any atom is 0.243 e. The summed E-state index contributed by atoms with van der Waals surface area (Å²) in [6, 6.07) is 7.55. The number of nitrogens with zero attached hydrogens (tertiary/aromatic N) is 4. The van der Waals surface area contributed by atoms with Gasteiger partial charge in [0.2, 0.25) is 11.8 Å². The van der Waals surface area contributed by atoms with Gasteiger partial charge in [-0.05, 0) is 25.5 Å². The van der Waals surface area contributed by atoms with Crippen molar-refractivity contribution >= 4 is 17.5 Å². The number of carbonyl (C=O) groups excluding carboxylic acids is 1. The van der Waals surface area contributed by atoms with Gasteiger partial charge in [-0.15, -0.1) is 0 Å². The minimum Gasteiger partial charge on any atom is -0.340 e. The molecule has 0 saturated carbocycles. The third-order valence-corrected chi connectivity index (χ3v) is 4.78. The molecule has 1 aromatic heterocycles. The number of rotatable bonds is 4. The van der Waals surface area contributed by atoms with E-state index in [0.29, 0.717) is 36.2 Å². The average Bonchev–Trinajstić information content (AvgIpc) is 3.03. The van der Waals surface area contributed by atoms with Crippen LogP contribution in [0.3, 0.4) is 0 Å². The van der Waals surface area contributed by atoms with Crippen LogP contribution >= 0.6 is 11.6 Å². The molecule has 0 radical (unpaired) electrons. The first-order chi connectivity index (χ1) is 11.5. The molecule has 128 valence electrons. The molecule has 0 aliphatic carbocycles. The largest absolute Gasteiger partial charge is 0.340 e. The van der Waals surface area contributed by atoms with Crippen molar-refractivity contribution in [3.05, 3.63) is 46.6 Å². The van der Waals surface area contributed by atoms with Crippen LogP contribution in [0.25, 0.3) is 0 Å². The maximum atomic E-state index is 12.5. The molecule has 1 saturated heterocycles. The lowest BCUT2D eigenvalue weighted by molar-refractivity contribution is -0.132.